The maximum Gasteiger partial charge on any atom is 0.309 e. The lowest BCUT2D eigenvalue weighted by atomic mass is 9.37. The summed E-state index contributed by atoms with van der Waals surface area (Å²) in [5.74, 6) is -0.806. The minimum Gasteiger partial charge on any atom is -0.469 e. The molecule has 6 aliphatic rings. The number of carbonyl (C=O) groups excluding carboxylic acids is 3. The molecule has 0 bridgehead atoms. The Bertz CT molecular complexity index is 987. The molecule has 2 saturated heterocycles. The summed E-state index contributed by atoms with van der Waals surface area (Å²) in [6, 6.07) is 2.53. The Balaban J connectivity index is 1.51. The smallest absolute Gasteiger partial charge is 0.309 e. The monoisotopic (exact) mass is 441 g/mol. The summed E-state index contributed by atoms with van der Waals surface area (Å²) in [6.45, 7) is 4.36. The summed E-state index contributed by atoms with van der Waals surface area (Å²) < 4.78 is 17.9. The summed E-state index contributed by atoms with van der Waals surface area (Å²) in [5, 5.41) is 10.4. The zero-order valence-corrected chi connectivity index (χ0v) is 19.1. The number of rotatable bonds is 1. The van der Waals surface area contributed by atoms with Gasteiger partial charge in [0.2, 0.25) is 0 Å². The lowest BCUT2D eigenvalue weighted by Gasteiger charge is -2.63. The molecule has 6 fully saturated rings. The van der Waals surface area contributed by atoms with Crippen LogP contribution in [0.2, 0.25) is 0 Å². The van der Waals surface area contributed by atoms with Crippen molar-refractivity contribution in [3.05, 3.63) is 0 Å². The first-order valence-electron chi connectivity index (χ1n) is 12.0. The Morgan fingerprint density at radius 3 is 2.59 bits per heavy atom. The van der Waals surface area contributed by atoms with E-state index in [9.17, 15) is 19.6 Å². The van der Waals surface area contributed by atoms with Crippen molar-refractivity contribution >= 4 is 17.7 Å². The fourth-order valence-electron chi connectivity index (χ4n) is 9.46. The maximum absolute atomic E-state index is 13.2. The number of Topliss-reactive ketones (excluding diaryl/α,β-unsaturated/α-hetero) is 1. The van der Waals surface area contributed by atoms with Crippen LogP contribution in [0.1, 0.15) is 71.6 Å². The number of hydrogen-bond acceptors (Lipinski definition) is 7. The van der Waals surface area contributed by atoms with Crippen LogP contribution in [0.25, 0.3) is 0 Å². The first-order chi connectivity index (χ1) is 15.1. The first kappa shape index (κ1) is 20.7. The molecule has 3 unspecified atom stereocenters. The molecule has 172 valence electrons. The highest BCUT2D eigenvalue weighted by atomic mass is 16.6. The molecule has 0 aromatic carbocycles. The van der Waals surface area contributed by atoms with Crippen molar-refractivity contribution in [1.29, 1.82) is 5.26 Å². The third kappa shape index (κ3) is 2.01. The lowest BCUT2D eigenvalue weighted by molar-refractivity contribution is -0.193. The molecule has 7 nitrogen and oxygen atoms in total. The third-order valence-electron chi connectivity index (χ3n) is 11.1. The average Bonchev–Trinajstić information content (AvgIpc) is 3.25. The number of carbonyl (C=O) groups is 3. The predicted octanol–water partition coefficient (Wildman–Crippen LogP) is 3.10. The van der Waals surface area contributed by atoms with Crippen LogP contribution in [0.3, 0.4) is 0 Å². The van der Waals surface area contributed by atoms with Gasteiger partial charge in [-0.15, -0.1) is 0 Å². The van der Waals surface area contributed by atoms with Crippen LogP contribution in [0.15, 0.2) is 0 Å². The molecular formula is C25H31NO6. The quantitative estimate of drug-likeness (QED) is 0.455. The maximum atomic E-state index is 13.2. The van der Waals surface area contributed by atoms with Crippen LogP contribution in [0.5, 0.6) is 0 Å². The molecule has 32 heavy (non-hydrogen) atoms. The topological polar surface area (TPSA) is 106 Å². The molecule has 4 aliphatic carbocycles. The van der Waals surface area contributed by atoms with Crippen LogP contribution in [0.4, 0.5) is 0 Å². The Hall–Kier alpha value is -1.94. The van der Waals surface area contributed by atoms with Gasteiger partial charge in [-0.2, -0.15) is 5.26 Å². The number of nitriles is 1. The fraction of sp³-hybridized carbons (Fsp3) is 0.840. The van der Waals surface area contributed by atoms with E-state index in [2.05, 4.69) is 19.9 Å². The highest BCUT2D eigenvalue weighted by Crippen LogP contribution is 2.80. The van der Waals surface area contributed by atoms with Gasteiger partial charge in [-0.1, -0.05) is 13.8 Å². The standard InChI is InChI=1S/C25H31NO6/c1-21-12-17-25(31-17)19(16(21)5-8-24(21)9-6-18(28)32-24)15(20(29)30-3)11-23(13-26)10-14(27)4-7-22(23,25)2/h15-17,19H,4-12H2,1-3H3/t15-,16?,17?,19?,21+,22+,23+,24-,25-/m1/s1. The van der Waals surface area contributed by atoms with Gasteiger partial charge in [0.25, 0.3) is 0 Å². The molecular weight excluding hydrogens is 410 g/mol. The molecule has 9 atom stereocenters. The van der Waals surface area contributed by atoms with Crippen molar-refractivity contribution in [2.45, 2.75) is 88.9 Å². The van der Waals surface area contributed by atoms with Crippen LogP contribution in [0, 0.1) is 45.3 Å². The summed E-state index contributed by atoms with van der Waals surface area (Å²) in [6.07, 6.45) is 5.10. The largest absolute Gasteiger partial charge is 0.469 e. The number of hydrogen-bond donors (Lipinski definition) is 0. The summed E-state index contributed by atoms with van der Waals surface area (Å²) >= 11 is 0. The molecule has 0 N–H and O–H groups in total. The van der Waals surface area contributed by atoms with Gasteiger partial charge in [-0.25, -0.2) is 0 Å². The van der Waals surface area contributed by atoms with E-state index in [1.165, 1.54) is 7.11 Å². The molecule has 0 radical (unpaired) electrons. The van der Waals surface area contributed by atoms with Crippen molar-refractivity contribution in [3.8, 4) is 6.07 Å². The second-order valence-electron chi connectivity index (χ2n) is 11.7. The molecule has 2 heterocycles. The Morgan fingerprint density at radius 1 is 1.16 bits per heavy atom. The van der Waals surface area contributed by atoms with Crippen molar-refractivity contribution in [2.75, 3.05) is 7.11 Å². The van der Waals surface area contributed by atoms with E-state index in [4.69, 9.17) is 14.2 Å². The van der Waals surface area contributed by atoms with Crippen molar-refractivity contribution in [2.24, 2.45) is 34.0 Å². The number of esters is 2. The summed E-state index contributed by atoms with van der Waals surface area (Å²) in [4.78, 5) is 37.9. The van der Waals surface area contributed by atoms with Gasteiger partial charge in [0, 0.05) is 36.0 Å². The highest BCUT2D eigenvalue weighted by Gasteiger charge is 2.86. The SMILES string of the molecule is COC(=O)[C@@H]1C[C@]2(C#N)CC(=O)CC[C@]2(C)[C@@]23OC2C[C@@]2(C)C(CC[C@@]24CCC(=O)O4)C13. The van der Waals surface area contributed by atoms with Gasteiger partial charge >= 0.3 is 11.9 Å². The van der Waals surface area contributed by atoms with E-state index in [0.29, 0.717) is 25.7 Å². The van der Waals surface area contributed by atoms with Gasteiger partial charge in [0.05, 0.1) is 30.6 Å². The summed E-state index contributed by atoms with van der Waals surface area (Å²) in [7, 11) is 1.40. The number of fused-ring (bicyclic) bond motifs is 4. The predicted molar refractivity (Wildman–Crippen MR) is 110 cm³/mol. The summed E-state index contributed by atoms with van der Waals surface area (Å²) in [5.41, 5.74) is -2.77. The molecule has 0 amide bonds. The minimum absolute atomic E-state index is 0.0954. The van der Waals surface area contributed by atoms with Crippen LogP contribution >= 0.6 is 0 Å². The van der Waals surface area contributed by atoms with Gasteiger partial charge in [-0.05, 0) is 44.4 Å². The van der Waals surface area contributed by atoms with Crippen molar-refractivity contribution < 1.29 is 28.6 Å². The lowest BCUT2D eigenvalue weighted by Crippen LogP contribution is -2.68. The molecule has 4 saturated carbocycles. The van der Waals surface area contributed by atoms with Crippen LogP contribution in [-0.4, -0.2) is 42.1 Å². The second kappa shape index (κ2) is 5.94. The van der Waals surface area contributed by atoms with Gasteiger partial charge in [-0.3, -0.25) is 14.4 Å². The number of nitrogens with zero attached hydrogens (tertiary/aromatic N) is 1. The number of methoxy groups -OCH3 is 1. The van der Waals surface area contributed by atoms with Crippen LogP contribution in [-0.2, 0) is 28.6 Å². The van der Waals surface area contributed by atoms with Crippen molar-refractivity contribution in [1.82, 2.24) is 0 Å². The van der Waals surface area contributed by atoms with Gasteiger partial charge in [0.15, 0.2) is 0 Å². The molecule has 7 heteroatoms. The van der Waals surface area contributed by atoms with Crippen LogP contribution < -0.4 is 0 Å². The molecule has 0 aromatic heterocycles. The number of epoxide rings is 1. The Kier molecular flexibility index (Phi) is 3.83. The van der Waals surface area contributed by atoms with E-state index in [1.54, 1.807) is 0 Å². The first-order valence-corrected chi connectivity index (χ1v) is 12.0. The van der Waals surface area contributed by atoms with E-state index in [1.807, 2.05) is 0 Å². The Morgan fingerprint density at radius 2 is 1.94 bits per heavy atom. The Labute approximate surface area is 188 Å². The van der Waals surface area contributed by atoms with E-state index in [0.717, 1.165) is 25.7 Å². The minimum atomic E-state index is -0.920. The third-order valence-corrected chi connectivity index (χ3v) is 11.1. The molecule has 2 aliphatic heterocycles. The average molecular weight is 442 g/mol. The van der Waals surface area contributed by atoms with Gasteiger partial charge in [0.1, 0.15) is 17.0 Å². The molecule has 2 spiro atoms. The zero-order chi connectivity index (χ0) is 22.7. The zero-order valence-electron chi connectivity index (χ0n) is 19.1. The van der Waals surface area contributed by atoms with Gasteiger partial charge < -0.3 is 14.2 Å². The van der Waals surface area contributed by atoms with E-state index < -0.39 is 27.9 Å². The second-order valence-corrected chi connectivity index (χ2v) is 11.7. The highest BCUT2D eigenvalue weighted by molar-refractivity contribution is 5.82. The fourth-order valence-corrected chi connectivity index (χ4v) is 9.46. The van der Waals surface area contributed by atoms with E-state index >= 15 is 0 Å². The molecule has 0 aromatic rings. The molecule has 6 rings (SSSR count). The normalized spacial score (nSPS) is 55.2. The number of ketones is 1. The van der Waals surface area contributed by atoms with Crippen molar-refractivity contribution in [3.63, 3.8) is 0 Å². The van der Waals surface area contributed by atoms with E-state index in [-0.39, 0.29) is 47.5 Å². The number of ether oxygens (including phenoxy) is 3.